The number of carbonyl (C=O) groups is 4. The number of carbonyl (C=O) groups excluding carboxylic acids is 4. The van der Waals surface area contributed by atoms with E-state index < -0.39 is 52.1 Å². The number of benzene rings is 4. The number of β-lactam (4-membered cyclic amide) rings is 1. The number of methoxy groups -OCH3 is 1. The van der Waals surface area contributed by atoms with E-state index >= 15 is 0 Å². The summed E-state index contributed by atoms with van der Waals surface area (Å²) in [6.07, 6.45) is 0. The minimum Gasteiger partial charge on any atom is -0.497 e. The lowest BCUT2D eigenvalue weighted by Gasteiger charge is -2.49. The number of hydrogen-bond acceptors (Lipinski definition) is 13. The highest BCUT2D eigenvalue weighted by atomic mass is 35.5. The Morgan fingerprint density at radius 1 is 0.905 bits per heavy atom. The molecule has 63 heavy (non-hydrogen) atoms. The summed E-state index contributed by atoms with van der Waals surface area (Å²) in [6.45, 7) is 8.66. The summed E-state index contributed by atoms with van der Waals surface area (Å²) in [5, 5.41) is 11.9. The van der Waals surface area contributed by atoms with Crippen LogP contribution in [0.1, 0.15) is 48.7 Å². The van der Waals surface area contributed by atoms with Gasteiger partial charge < -0.3 is 29.7 Å². The molecule has 0 bridgehead atoms. The van der Waals surface area contributed by atoms with E-state index in [1.165, 1.54) is 28.0 Å². The SMILES string of the molecule is C=C(O/N=C(\C(=O)N[C@@H]1C(=O)N2C(C(=O)OCc3ccc(OC)cc3)=C(CCl)CS[C@H]12)c1csc(NC(c2ccccc2)(c2ccccc2)c2ccccc2)n1)C(=O)OC(C)(C)C. The molecular weight excluding hydrogens is 862 g/mol. The summed E-state index contributed by atoms with van der Waals surface area (Å²) >= 11 is 8.82. The van der Waals surface area contributed by atoms with Crippen LogP contribution in [0.15, 0.2) is 149 Å². The molecule has 0 aliphatic carbocycles. The second kappa shape index (κ2) is 19.3. The second-order valence-corrected chi connectivity index (χ2v) is 17.6. The van der Waals surface area contributed by atoms with Gasteiger partial charge >= 0.3 is 11.9 Å². The van der Waals surface area contributed by atoms with Gasteiger partial charge in [0.1, 0.15) is 46.3 Å². The minimum absolute atomic E-state index is 0.0104. The van der Waals surface area contributed by atoms with Crippen molar-refractivity contribution < 1.29 is 38.2 Å². The standard InChI is InChI=1S/C47H44ClN5O8S2/c1-29(43(56)60-46(2,3)4)61-52-37(36-28-63-45(49-36)51-47(32-15-9-6-10-16-32,33-17-11-7-12-18-33)34-19-13-8-14-20-34)40(54)50-38-41(55)53-39(31(25-48)27-62-42(38)53)44(57)59-26-30-21-23-35(58-5)24-22-30/h6-24,28,38,42H,1,25-27H2,2-5H3,(H,49,51)(H,50,54)/b52-37-/t38-,42-/m1/s1. The third-order valence-electron chi connectivity index (χ3n) is 9.97. The number of thioether (sulfide) groups is 1. The number of fused-ring (bicyclic) bond motifs is 1. The first kappa shape index (κ1) is 44.6. The summed E-state index contributed by atoms with van der Waals surface area (Å²) in [5.41, 5.74) is 1.98. The maximum absolute atomic E-state index is 14.3. The van der Waals surface area contributed by atoms with Gasteiger partial charge in [0.25, 0.3) is 11.8 Å². The number of nitrogens with zero attached hydrogens (tertiary/aromatic N) is 3. The average Bonchev–Trinajstić information content (AvgIpc) is 3.76. The van der Waals surface area contributed by atoms with Gasteiger partial charge in [0.2, 0.25) is 5.76 Å². The Balaban J connectivity index is 1.17. The van der Waals surface area contributed by atoms with Gasteiger partial charge in [-0.05, 0) is 67.3 Å². The lowest BCUT2D eigenvalue weighted by molar-refractivity contribution is -0.154. The molecule has 1 aromatic heterocycles. The second-order valence-electron chi connectivity index (χ2n) is 15.3. The zero-order valence-electron chi connectivity index (χ0n) is 34.8. The quantitative estimate of drug-likeness (QED) is 0.0146. The number of rotatable bonds is 16. The van der Waals surface area contributed by atoms with Crippen LogP contribution < -0.4 is 15.4 Å². The molecule has 16 heteroatoms. The molecule has 7 rings (SSSR count). The number of thiazole rings is 1. The number of nitrogens with one attached hydrogen (secondary N) is 2. The van der Waals surface area contributed by atoms with Crippen LogP contribution in [0.4, 0.5) is 5.13 Å². The van der Waals surface area contributed by atoms with E-state index in [9.17, 15) is 19.2 Å². The maximum atomic E-state index is 14.3. The van der Waals surface area contributed by atoms with Crippen LogP contribution in [0.3, 0.4) is 0 Å². The predicted octanol–water partition coefficient (Wildman–Crippen LogP) is 7.77. The summed E-state index contributed by atoms with van der Waals surface area (Å²) in [4.78, 5) is 66.2. The van der Waals surface area contributed by atoms with E-state index in [4.69, 9.17) is 35.6 Å². The average molecular weight is 906 g/mol. The molecule has 2 aliphatic rings. The number of halogens is 1. The molecule has 324 valence electrons. The van der Waals surface area contributed by atoms with E-state index in [1.807, 2.05) is 91.0 Å². The zero-order valence-corrected chi connectivity index (χ0v) is 37.2. The van der Waals surface area contributed by atoms with Gasteiger partial charge in [-0.15, -0.1) is 34.7 Å². The van der Waals surface area contributed by atoms with Gasteiger partial charge in [0.05, 0.1) is 7.11 Å². The van der Waals surface area contributed by atoms with Crippen LogP contribution in [0.5, 0.6) is 5.75 Å². The molecule has 0 saturated carbocycles. The lowest BCUT2D eigenvalue weighted by Crippen LogP contribution is -2.71. The minimum atomic E-state index is -1.08. The van der Waals surface area contributed by atoms with Crippen molar-refractivity contribution in [2.75, 3.05) is 24.1 Å². The summed E-state index contributed by atoms with van der Waals surface area (Å²) < 4.78 is 16.2. The van der Waals surface area contributed by atoms with Crippen molar-refractivity contribution >= 4 is 69.3 Å². The summed E-state index contributed by atoms with van der Waals surface area (Å²) in [6, 6.07) is 35.7. The van der Waals surface area contributed by atoms with Gasteiger partial charge in [0, 0.05) is 17.0 Å². The van der Waals surface area contributed by atoms with Crippen molar-refractivity contribution in [1.82, 2.24) is 15.2 Å². The zero-order chi connectivity index (χ0) is 44.7. The molecule has 0 spiro atoms. The van der Waals surface area contributed by atoms with Crippen LogP contribution in [0.2, 0.25) is 0 Å². The molecule has 1 fully saturated rings. The Bertz CT molecular complexity index is 2450. The van der Waals surface area contributed by atoms with E-state index in [2.05, 4.69) is 22.4 Å². The number of oxime groups is 1. The third-order valence-corrected chi connectivity index (χ3v) is 12.4. The van der Waals surface area contributed by atoms with Crippen molar-refractivity contribution in [1.29, 1.82) is 0 Å². The van der Waals surface area contributed by atoms with Crippen molar-refractivity contribution in [2.45, 2.75) is 49.9 Å². The third kappa shape index (κ3) is 9.80. The molecular formula is C47H44ClN5O8S2. The van der Waals surface area contributed by atoms with E-state index in [-0.39, 0.29) is 29.6 Å². The molecule has 2 N–H and O–H groups in total. The largest absolute Gasteiger partial charge is 0.497 e. The monoisotopic (exact) mass is 905 g/mol. The predicted molar refractivity (Wildman–Crippen MR) is 243 cm³/mol. The number of hydrogen-bond donors (Lipinski definition) is 2. The smallest absolute Gasteiger partial charge is 0.376 e. The van der Waals surface area contributed by atoms with Gasteiger partial charge in [0.15, 0.2) is 10.8 Å². The van der Waals surface area contributed by atoms with Gasteiger partial charge in [-0.2, -0.15) is 0 Å². The van der Waals surface area contributed by atoms with Crippen molar-refractivity contribution in [3.63, 3.8) is 0 Å². The molecule has 0 unspecified atom stereocenters. The Morgan fingerprint density at radius 2 is 1.49 bits per heavy atom. The highest BCUT2D eigenvalue weighted by Gasteiger charge is 2.54. The molecule has 2 atom stereocenters. The highest BCUT2D eigenvalue weighted by molar-refractivity contribution is 8.00. The fourth-order valence-corrected chi connectivity index (χ4v) is 9.41. The number of anilines is 1. The number of amides is 2. The van der Waals surface area contributed by atoms with Crippen LogP contribution >= 0.6 is 34.7 Å². The van der Waals surface area contributed by atoms with Crippen molar-refractivity contribution in [2.24, 2.45) is 5.16 Å². The summed E-state index contributed by atoms with van der Waals surface area (Å²) in [7, 11) is 1.56. The molecule has 2 amide bonds. The lowest BCUT2D eigenvalue weighted by atomic mass is 9.77. The fourth-order valence-electron chi connectivity index (χ4n) is 6.98. The normalized spacial score (nSPS) is 16.3. The first-order valence-electron chi connectivity index (χ1n) is 19.7. The van der Waals surface area contributed by atoms with Gasteiger partial charge in [-0.1, -0.05) is 108 Å². The molecule has 2 aliphatic heterocycles. The molecule has 1 saturated heterocycles. The topological polar surface area (TPSA) is 158 Å². The van der Waals surface area contributed by atoms with Crippen molar-refractivity contribution in [3.05, 3.63) is 172 Å². The number of alkyl halides is 1. The van der Waals surface area contributed by atoms with Gasteiger partial charge in [-0.3, -0.25) is 14.5 Å². The van der Waals surface area contributed by atoms with E-state index in [0.717, 1.165) is 16.7 Å². The van der Waals surface area contributed by atoms with Crippen LogP contribution in [0, 0.1) is 0 Å². The highest BCUT2D eigenvalue weighted by Crippen LogP contribution is 2.42. The number of ether oxygens (including phenoxy) is 3. The number of esters is 2. The Morgan fingerprint density at radius 3 is 2.03 bits per heavy atom. The Hall–Kier alpha value is -6.42. The van der Waals surface area contributed by atoms with E-state index in [0.29, 0.717) is 27.8 Å². The molecule has 0 radical (unpaired) electrons. The first-order valence-corrected chi connectivity index (χ1v) is 22.2. The van der Waals surface area contributed by atoms with Crippen LogP contribution in [-0.4, -0.2) is 75.1 Å². The van der Waals surface area contributed by atoms with Crippen molar-refractivity contribution in [3.8, 4) is 5.75 Å². The molecule has 5 aromatic rings. The first-order chi connectivity index (χ1) is 30.3. The van der Waals surface area contributed by atoms with E-state index in [1.54, 1.807) is 57.5 Å². The summed E-state index contributed by atoms with van der Waals surface area (Å²) in [5.74, 6) is -2.53. The number of aromatic nitrogens is 1. The molecule has 4 aromatic carbocycles. The maximum Gasteiger partial charge on any atom is 0.376 e. The van der Waals surface area contributed by atoms with Crippen LogP contribution in [-0.2, 0) is 45.6 Å². The Kier molecular flexibility index (Phi) is 13.7. The molecule has 13 nitrogen and oxygen atoms in total. The molecule has 3 heterocycles. The Labute approximate surface area is 378 Å². The fraction of sp³-hybridized carbons (Fsp3) is 0.234. The van der Waals surface area contributed by atoms with Crippen LogP contribution in [0.25, 0.3) is 0 Å². The van der Waals surface area contributed by atoms with Gasteiger partial charge in [-0.25, -0.2) is 14.6 Å².